The number of hydrogen-bond donors (Lipinski definition) is 4. The van der Waals surface area contributed by atoms with Gasteiger partial charge in [0.15, 0.2) is 0 Å². The van der Waals surface area contributed by atoms with E-state index < -0.39 is 35.6 Å². The van der Waals surface area contributed by atoms with E-state index >= 15 is 0 Å². The van der Waals surface area contributed by atoms with Gasteiger partial charge in [-0.05, 0) is 73.3 Å². The number of rotatable bonds is 12. The molecule has 1 unspecified atom stereocenters. The van der Waals surface area contributed by atoms with E-state index in [0.717, 1.165) is 29.0 Å². The fourth-order valence-electron chi connectivity index (χ4n) is 5.39. The smallest absolute Gasteiger partial charge is 0.417 e. The summed E-state index contributed by atoms with van der Waals surface area (Å²) in [6.45, 7) is 7.41. The number of hydrogen-bond acceptors (Lipinski definition) is 8. The fraction of sp³-hybridized carbons (Fsp3) is 0.455. The van der Waals surface area contributed by atoms with Crippen molar-refractivity contribution in [1.82, 2.24) is 19.4 Å². The molecular weight excluding hydrogens is 608 g/mol. The largest absolute Gasteiger partial charge is 0.464 e. The Morgan fingerprint density at radius 2 is 1.91 bits per heavy atom. The topological polar surface area (TPSA) is 197 Å². The summed E-state index contributed by atoms with van der Waals surface area (Å²) >= 11 is 0. The van der Waals surface area contributed by atoms with Crippen molar-refractivity contribution in [3.63, 3.8) is 0 Å². The van der Waals surface area contributed by atoms with Gasteiger partial charge in [0, 0.05) is 19.4 Å². The van der Waals surface area contributed by atoms with Crippen molar-refractivity contribution in [2.45, 2.75) is 65.5 Å². The van der Waals surface area contributed by atoms with Gasteiger partial charge >= 0.3 is 12.2 Å². The maximum Gasteiger partial charge on any atom is 0.417 e. The Kier molecular flexibility index (Phi) is 11.5. The second-order valence-corrected chi connectivity index (χ2v) is 12.7. The number of allylic oxidation sites excluding steroid dienone is 1. The lowest BCUT2D eigenvalue weighted by Crippen LogP contribution is -2.45. The predicted molar refractivity (Wildman–Crippen MR) is 174 cm³/mol. The molecule has 0 radical (unpaired) electrons. The van der Waals surface area contributed by atoms with Crippen molar-refractivity contribution in [2.75, 3.05) is 25.1 Å². The molecule has 1 aromatic carbocycles. The number of aromatic nitrogens is 3. The maximum atomic E-state index is 13.5. The molecule has 4 rings (SSSR count). The van der Waals surface area contributed by atoms with Gasteiger partial charge in [-0.15, -0.1) is 0 Å². The molecule has 1 atom stereocenters. The molecule has 1 aliphatic heterocycles. The average molecular weight is 651 g/mol. The number of carbonyl (C=O) groups excluding carboxylic acids is 3. The van der Waals surface area contributed by atoms with E-state index in [-0.39, 0.29) is 48.8 Å². The minimum Gasteiger partial charge on any atom is -0.464 e. The molecule has 252 valence electrons. The molecular formula is C33H42N6O8. The first-order valence-corrected chi connectivity index (χ1v) is 15.5. The number of nitrogens with zero attached hydrogens (tertiary/aromatic N) is 3. The van der Waals surface area contributed by atoms with E-state index in [4.69, 9.17) is 15.2 Å². The first-order valence-electron chi connectivity index (χ1n) is 15.5. The molecule has 1 saturated heterocycles. The van der Waals surface area contributed by atoms with Crippen LogP contribution in [-0.4, -0.2) is 69.1 Å². The predicted octanol–water partition coefficient (Wildman–Crippen LogP) is 3.64. The van der Waals surface area contributed by atoms with Crippen molar-refractivity contribution in [2.24, 2.45) is 17.1 Å². The molecule has 1 fully saturated rings. The van der Waals surface area contributed by atoms with Gasteiger partial charge in [0.1, 0.15) is 17.6 Å². The highest BCUT2D eigenvalue weighted by Crippen LogP contribution is 2.27. The third-order valence-electron chi connectivity index (χ3n) is 7.64. The van der Waals surface area contributed by atoms with Crippen LogP contribution in [-0.2, 0) is 32.0 Å². The van der Waals surface area contributed by atoms with Crippen LogP contribution in [0, 0.1) is 11.3 Å². The molecule has 14 heteroatoms. The van der Waals surface area contributed by atoms with Crippen molar-refractivity contribution >= 4 is 40.7 Å². The zero-order chi connectivity index (χ0) is 34.1. The van der Waals surface area contributed by atoms with Gasteiger partial charge in [0.25, 0.3) is 5.56 Å². The Morgan fingerprint density at radius 3 is 2.60 bits per heavy atom. The maximum absolute atomic E-state index is 13.5. The third-order valence-corrected chi connectivity index (χ3v) is 7.64. The molecule has 1 aliphatic rings. The SMILES string of the molecule is CC(C)(C)Cc1cccc2c1nc(Cn1cccc(NC(=O)C(CC/C=C/C(N)=O)NC(=O)OCC3CCOCC3)c1=O)n2C(=O)O. The van der Waals surface area contributed by atoms with Crippen LogP contribution >= 0.6 is 0 Å². The van der Waals surface area contributed by atoms with Crippen LogP contribution in [0.15, 0.2) is 53.5 Å². The van der Waals surface area contributed by atoms with E-state index in [1.54, 1.807) is 12.1 Å². The number of benzene rings is 1. The highest BCUT2D eigenvalue weighted by atomic mass is 16.5. The number of para-hydroxylation sites is 1. The van der Waals surface area contributed by atoms with Gasteiger partial charge in [-0.1, -0.05) is 39.0 Å². The molecule has 14 nitrogen and oxygen atoms in total. The Balaban J connectivity index is 1.53. The zero-order valence-electron chi connectivity index (χ0n) is 26.9. The number of pyridine rings is 1. The first kappa shape index (κ1) is 34.9. The molecule has 3 amide bonds. The van der Waals surface area contributed by atoms with E-state index in [2.05, 4.69) is 36.4 Å². The number of nitrogens with one attached hydrogen (secondary N) is 2. The molecule has 47 heavy (non-hydrogen) atoms. The highest BCUT2D eigenvalue weighted by Gasteiger charge is 2.25. The summed E-state index contributed by atoms with van der Waals surface area (Å²) in [6.07, 6.45) is 4.57. The number of ether oxygens (including phenoxy) is 2. The fourth-order valence-corrected chi connectivity index (χ4v) is 5.39. The number of amides is 3. The molecule has 2 aromatic heterocycles. The number of alkyl carbamates (subject to hydrolysis) is 1. The normalized spacial score (nSPS) is 14.6. The number of fused-ring (bicyclic) bond motifs is 1. The zero-order valence-corrected chi connectivity index (χ0v) is 26.9. The van der Waals surface area contributed by atoms with Crippen LogP contribution in [0.2, 0.25) is 0 Å². The van der Waals surface area contributed by atoms with Gasteiger partial charge in [-0.3, -0.25) is 14.4 Å². The lowest BCUT2D eigenvalue weighted by Gasteiger charge is -2.22. The van der Waals surface area contributed by atoms with Crippen LogP contribution in [0.4, 0.5) is 15.3 Å². The number of carboxylic acid groups (broad SMARTS) is 1. The van der Waals surface area contributed by atoms with E-state index in [1.807, 2.05) is 6.07 Å². The van der Waals surface area contributed by atoms with E-state index in [0.29, 0.717) is 30.7 Å². The number of imidazole rings is 1. The number of primary amides is 1. The van der Waals surface area contributed by atoms with Crippen molar-refractivity contribution in [1.29, 1.82) is 0 Å². The van der Waals surface area contributed by atoms with Gasteiger partial charge < -0.3 is 35.5 Å². The summed E-state index contributed by atoms with van der Waals surface area (Å²) in [5.74, 6) is -1.04. The summed E-state index contributed by atoms with van der Waals surface area (Å²) in [4.78, 5) is 67.5. The van der Waals surface area contributed by atoms with Crippen molar-refractivity contribution in [3.8, 4) is 0 Å². The van der Waals surface area contributed by atoms with Gasteiger partial charge in [0.05, 0.1) is 24.2 Å². The molecule has 3 aromatic rings. The van der Waals surface area contributed by atoms with Crippen molar-refractivity contribution in [3.05, 3.63) is 70.4 Å². The second kappa shape index (κ2) is 15.5. The number of nitrogens with two attached hydrogens (primary N) is 1. The molecule has 0 bridgehead atoms. The molecule has 0 spiro atoms. The molecule has 0 saturated carbocycles. The summed E-state index contributed by atoms with van der Waals surface area (Å²) in [5.41, 5.74) is 6.23. The van der Waals surface area contributed by atoms with Gasteiger partial charge in [-0.2, -0.15) is 0 Å². The van der Waals surface area contributed by atoms with Gasteiger partial charge in [0.2, 0.25) is 11.8 Å². The quantitative estimate of drug-likeness (QED) is 0.212. The summed E-state index contributed by atoms with van der Waals surface area (Å²) in [5, 5.41) is 15.2. The molecule has 0 aliphatic carbocycles. The third kappa shape index (κ3) is 9.75. The van der Waals surface area contributed by atoms with Crippen LogP contribution in [0.5, 0.6) is 0 Å². The highest BCUT2D eigenvalue weighted by molar-refractivity contribution is 5.96. The van der Waals surface area contributed by atoms with Crippen LogP contribution in [0.3, 0.4) is 0 Å². The minimum atomic E-state index is -1.24. The Hall–Kier alpha value is -4.98. The monoisotopic (exact) mass is 650 g/mol. The lowest BCUT2D eigenvalue weighted by molar-refractivity contribution is -0.118. The van der Waals surface area contributed by atoms with Crippen LogP contribution < -0.4 is 21.9 Å². The Bertz CT molecular complexity index is 1700. The van der Waals surface area contributed by atoms with Crippen LogP contribution in [0.25, 0.3) is 11.0 Å². The van der Waals surface area contributed by atoms with Crippen molar-refractivity contribution < 1.29 is 33.8 Å². The standard InChI is InChI=1S/C33H42N6O8/c1-33(2,3)18-22-8-6-11-25-28(22)37-27(39(25)32(44)45)19-38-15-7-10-24(30(38)42)35-29(41)23(9-4-5-12-26(34)40)36-31(43)47-20-21-13-16-46-17-14-21/h5-8,10-12,15,21,23H,4,9,13-14,16-20H2,1-3H3,(H2,34,40)(H,35,41)(H,36,43)(H,44,45)/b12-5+. The molecule has 3 heterocycles. The van der Waals surface area contributed by atoms with Gasteiger partial charge in [-0.25, -0.2) is 19.1 Å². The average Bonchev–Trinajstić information content (AvgIpc) is 3.38. The second-order valence-electron chi connectivity index (χ2n) is 12.7. The summed E-state index contributed by atoms with van der Waals surface area (Å²) in [6, 6.07) is 7.20. The Morgan fingerprint density at radius 1 is 1.17 bits per heavy atom. The molecule has 5 N–H and O–H groups in total. The number of carbonyl (C=O) groups is 4. The number of anilines is 1. The Labute approximate surface area is 271 Å². The summed E-state index contributed by atoms with van der Waals surface area (Å²) < 4.78 is 13.0. The minimum absolute atomic E-state index is 0.0721. The summed E-state index contributed by atoms with van der Waals surface area (Å²) in [7, 11) is 0. The van der Waals surface area contributed by atoms with E-state index in [9.17, 15) is 29.1 Å². The van der Waals surface area contributed by atoms with Crippen LogP contribution in [0.1, 0.15) is 57.8 Å². The lowest BCUT2D eigenvalue weighted by atomic mass is 9.88. The first-order chi connectivity index (χ1) is 22.3. The van der Waals surface area contributed by atoms with E-state index in [1.165, 1.54) is 29.0 Å².